The number of ether oxygens (including phenoxy) is 1. The average Bonchev–Trinajstić information content (AvgIpc) is 2.86. The van der Waals surface area contributed by atoms with Crippen LogP contribution in [0.2, 0.25) is 0 Å². The van der Waals surface area contributed by atoms with E-state index in [1.165, 1.54) is 0 Å². The van der Waals surface area contributed by atoms with Crippen LogP contribution in [0.25, 0.3) is 0 Å². The summed E-state index contributed by atoms with van der Waals surface area (Å²) in [5, 5.41) is 0. The molecule has 1 atom stereocenters. The van der Waals surface area contributed by atoms with E-state index in [2.05, 4.69) is 13.8 Å². The van der Waals surface area contributed by atoms with Crippen LogP contribution >= 0.6 is 0 Å². The molecule has 0 saturated heterocycles. The van der Waals surface area contributed by atoms with Crippen LogP contribution < -0.4 is 0 Å². The van der Waals surface area contributed by atoms with E-state index < -0.39 is 0 Å². The molecule has 0 aromatic rings. The zero-order chi connectivity index (χ0) is 10.1. The Morgan fingerprint density at radius 1 is 1.54 bits per heavy atom. The summed E-state index contributed by atoms with van der Waals surface area (Å²) in [4.78, 5) is 11.8. The number of carbonyl (C=O) groups excluding carboxylic acids is 1. The molecule has 2 nitrogen and oxygen atoms in total. The molecular weight excluding hydrogens is 164 g/mol. The largest absolute Gasteiger partial charge is 0.462 e. The van der Waals surface area contributed by atoms with Crippen molar-refractivity contribution in [2.45, 2.75) is 53.1 Å². The van der Waals surface area contributed by atoms with E-state index in [-0.39, 0.29) is 17.5 Å². The van der Waals surface area contributed by atoms with Crippen LogP contribution in [0.5, 0.6) is 0 Å². The SMILES string of the molecule is CCC(C)(C(=O)OC1CC1)C(C)C. The molecule has 0 aromatic heterocycles. The molecule has 1 fully saturated rings. The van der Waals surface area contributed by atoms with Gasteiger partial charge in [-0.3, -0.25) is 4.79 Å². The second kappa shape index (κ2) is 3.69. The first-order valence-corrected chi connectivity index (χ1v) is 5.21. The van der Waals surface area contributed by atoms with E-state index >= 15 is 0 Å². The van der Waals surface area contributed by atoms with E-state index in [0.717, 1.165) is 19.3 Å². The molecule has 2 heteroatoms. The predicted molar refractivity (Wildman–Crippen MR) is 52.4 cm³/mol. The molecule has 0 aromatic carbocycles. The second-order valence-electron chi connectivity index (χ2n) is 4.53. The van der Waals surface area contributed by atoms with Crippen LogP contribution in [0.4, 0.5) is 0 Å². The second-order valence-corrected chi connectivity index (χ2v) is 4.53. The van der Waals surface area contributed by atoms with Crippen LogP contribution in [0.15, 0.2) is 0 Å². The van der Waals surface area contributed by atoms with E-state index in [4.69, 9.17) is 4.74 Å². The Hall–Kier alpha value is -0.530. The quantitative estimate of drug-likeness (QED) is 0.628. The molecule has 0 spiro atoms. The summed E-state index contributed by atoms with van der Waals surface area (Å²) in [5.74, 6) is 0.344. The van der Waals surface area contributed by atoms with Gasteiger partial charge in [-0.2, -0.15) is 0 Å². The Morgan fingerprint density at radius 3 is 2.38 bits per heavy atom. The maximum absolute atomic E-state index is 11.8. The topological polar surface area (TPSA) is 26.3 Å². The Bertz CT molecular complexity index is 194. The summed E-state index contributed by atoms with van der Waals surface area (Å²) in [5.41, 5.74) is -0.289. The zero-order valence-corrected chi connectivity index (χ0v) is 9.09. The summed E-state index contributed by atoms with van der Waals surface area (Å²) in [6.45, 7) is 8.21. The Balaban J connectivity index is 2.57. The molecule has 0 N–H and O–H groups in total. The van der Waals surface area contributed by atoms with Gasteiger partial charge < -0.3 is 4.74 Å². The fourth-order valence-electron chi connectivity index (χ4n) is 1.26. The highest BCUT2D eigenvalue weighted by atomic mass is 16.5. The lowest BCUT2D eigenvalue weighted by molar-refractivity contribution is -0.159. The lowest BCUT2D eigenvalue weighted by Gasteiger charge is -2.29. The van der Waals surface area contributed by atoms with E-state index in [0.29, 0.717) is 5.92 Å². The van der Waals surface area contributed by atoms with Crippen molar-refractivity contribution in [2.24, 2.45) is 11.3 Å². The summed E-state index contributed by atoms with van der Waals surface area (Å²) < 4.78 is 5.34. The Kier molecular flexibility index (Phi) is 2.99. The van der Waals surface area contributed by atoms with Gasteiger partial charge in [-0.1, -0.05) is 20.8 Å². The third kappa shape index (κ3) is 2.23. The number of carbonyl (C=O) groups is 1. The molecule has 76 valence electrons. The molecule has 1 aliphatic carbocycles. The third-order valence-corrected chi connectivity index (χ3v) is 3.27. The molecule has 1 aliphatic rings. The first-order valence-electron chi connectivity index (χ1n) is 5.21. The number of hydrogen-bond acceptors (Lipinski definition) is 2. The molecule has 1 saturated carbocycles. The first-order chi connectivity index (χ1) is 6.00. The van der Waals surface area contributed by atoms with Crippen molar-refractivity contribution in [1.29, 1.82) is 0 Å². The lowest BCUT2D eigenvalue weighted by Crippen LogP contribution is -2.34. The molecular formula is C11H20O2. The minimum atomic E-state index is -0.289. The van der Waals surface area contributed by atoms with Crippen molar-refractivity contribution in [2.75, 3.05) is 0 Å². The average molecular weight is 184 g/mol. The van der Waals surface area contributed by atoms with Gasteiger partial charge in [-0.15, -0.1) is 0 Å². The standard InChI is InChI=1S/C11H20O2/c1-5-11(4,8(2)3)10(12)13-9-6-7-9/h8-9H,5-7H2,1-4H3. The smallest absolute Gasteiger partial charge is 0.312 e. The van der Waals surface area contributed by atoms with Gasteiger partial charge in [0, 0.05) is 0 Å². The van der Waals surface area contributed by atoms with Gasteiger partial charge in [-0.05, 0) is 32.1 Å². The highest BCUT2D eigenvalue weighted by Gasteiger charge is 2.39. The van der Waals surface area contributed by atoms with Crippen LogP contribution in [0.1, 0.15) is 47.0 Å². The summed E-state index contributed by atoms with van der Waals surface area (Å²) in [6, 6.07) is 0. The summed E-state index contributed by atoms with van der Waals surface area (Å²) >= 11 is 0. The van der Waals surface area contributed by atoms with E-state index in [1.807, 2.05) is 13.8 Å². The van der Waals surface area contributed by atoms with Crippen molar-refractivity contribution in [3.8, 4) is 0 Å². The summed E-state index contributed by atoms with van der Waals surface area (Å²) in [7, 11) is 0. The van der Waals surface area contributed by atoms with Gasteiger partial charge in [0.2, 0.25) is 0 Å². The predicted octanol–water partition coefficient (Wildman–Crippen LogP) is 2.76. The van der Waals surface area contributed by atoms with Crippen LogP contribution in [0.3, 0.4) is 0 Å². The molecule has 13 heavy (non-hydrogen) atoms. The molecule has 0 amide bonds. The van der Waals surface area contributed by atoms with Gasteiger partial charge in [0.05, 0.1) is 5.41 Å². The molecule has 0 heterocycles. The van der Waals surface area contributed by atoms with Gasteiger partial charge >= 0.3 is 5.97 Å². The van der Waals surface area contributed by atoms with Crippen LogP contribution in [-0.4, -0.2) is 12.1 Å². The molecule has 1 unspecified atom stereocenters. The summed E-state index contributed by atoms with van der Waals surface area (Å²) in [6.07, 6.45) is 3.21. The van der Waals surface area contributed by atoms with Gasteiger partial charge in [0.25, 0.3) is 0 Å². The maximum atomic E-state index is 11.8. The number of esters is 1. The normalized spacial score (nSPS) is 21.3. The highest BCUT2D eigenvalue weighted by Crippen LogP contribution is 2.35. The Labute approximate surface area is 80.7 Å². The lowest BCUT2D eigenvalue weighted by atomic mass is 9.77. The molecule has 0 radical (unpaired) electrons. The maximum Gasteiger partial charge on any atom is 0.312 e. The highest BCUT2D eigenvalue weighted by molar-refractivity contribution is 5.77. The van der Waals surface area contributed by atoms with Gasteiger partial charge in [0.15, 0.2) is 0 Å². The van der Waals surface area contributed by atoms with E-state index in [9.17, 15) is 4.79 Å². The van der Waals surface area contributed by atoms with Crippen molar-refractivity contribution in [3.63, 3.8) is 0 Å². The third-order valence-electron chi connectivity index (χ3n) is 3.27. The van der Waals surface area contributed by atoms with Gasteiger partial charge in [0.1, 0.15) is 6.10 Å². The molecule has 1 rings (SSSR count). The first kappa shape index (κ1) is 10.6. The minimum absolute atomic E-state index is 0.00694. The molecule has 0 bridgehead atoms. The van der Waals surface area contributed by atoms with Gasteiger partial charge in [-0.25, -0.2) is 0 Å². The van der Waals surface area contributed by atoms with Crippen molar-refractivity contribution < 1.29 is 9.53 Å². The van der Waals surface area contributed by atoms with Crippen molar-refractivity contribution in [3.05, 3.63) is 0 Å². The minimum Gasteiger partial charge on any atom is -0.462 e. The number of hydrogen-bond donors (Lipinski definition) is 0. The number of rotatable bonds is 4. The monoisotopic (exact) mass is 184 g/mol. The van der Waals surface area contributed by atoms with Crippen molar-refractivity contribution >= 4 is 5.97 Å². The fraction of sp³-hybridized carbons (Fsp3) is 0.909. The zero-order valence-electron chi connectivity index (χ0n) is 9.09. The van der Waals surface area contributed by atoms with Crippen LogP contribution in [0, 0.1) is 11.3 Å². The fourth-order valence-corrected chi connectivity index (χ4v) is 1.26. The Morgan fingerprint density at radius 2 is 2.08 bits per heavy atom. The molecule has 0 aliphatic heterocycles. The van der Waals surface area contributed by atoms with Crippen molar-refractivity contribution in [1.82, 2.24) is 0 Å². The van der Waals surface area contributed by atoms with Crippen LogP contribution in [-0.2, 0) is 9.53 Å². The van der Waals surface area contributed by atoms with E-state index in [1.54, 1.807) is 0 Å².